The van der Waals surface area contributed by atoms with Gasteiger partial charge in [0, 0.05) is 21.5 Å². The predicted octanol–water partition coefficient (Wildman–Crippen LogP) is 0.810. The van der Waals surface area contributed by atoms with Crippen LogP contribution in [0.3, 0.4) is 0 Å². The van der Waals surface area contributed by atoms with Gasteiger partial charge in [-0.3, -0.25) is 14.3 Å². The Morgan fingerprint density at radius 1 is 1.55 bits per heavy atom. The van der Waals surface area contributed by atoms with Gasteiger partial charge < -0.3 is 0 Å². The maximum Gasteiger partial charge on any atom is 0.218 e. The van der Waals surface area contributed by atoms with E-state index in [9.17, 15) is 14.3 Å². The van der Waals surface area contributed by atoms with Gasteiger partial charge in [0.2, 0.25) is 6.54 Å². The van der Waals surface area contributed by atoms with Crippen molar-refractivity contribution in [2.24, 2.45) is 0 Å². The van der Waals surface area contributed by atoms with E-state index in [0.717, 1.165) is 0 Å². The average molecular weight is 179 g/mol. The van der Waals surface area contributed by atoms with Crippen LogP contribution in [0.15, 0.2) is 0 Å². The summed E-state index contributed by atoms with van der Waals surface area (Å²) in [4.78, 5) is 9.66. The van der Waals surface area contributed by atoms with Gasteiger partial charge in [0.15, 0.2) is 0 Å². The highest BCUT2D eigenvalue weighted by molar-refractivity contribution is 7.85. The van der Waals surface area contributed by atoms with Crippen molar-refractivity contribution in [3.05, 3.63) is 10.1 Å². The molecule has 0 fully saturated rings. The van der Waals surface area contributed by atoms with E-state index in [1.165, 1.54) is 0 Å². The zero-order chi connectivity index (χ0) is 8.85. The van der Waals surface area contributed by atoms with Gasteiger partial charge in [-0.1, -0.05) is 13.8 Å². The first kappa shape index (κ1) is 10.6. The van der Waals surface area contributed by atoms with Crippen LogP contribution in [-0.4, -0.2) is 26.7 Å². The summed E-state index contributed by atoms with van der Waals surface area (Å²) in [7, 11) is -1.03. The van der Waals surface area contributed by atoms with Crippen molar-refractivity contribution in [1.82, 2.24) is 0 Å². The molecule has 0 aliphatic rings. The second-order valence-corrected chi connectivity index (χ2v) is 4.22. The van der Waals surface area contributed by atoms with Gasteiger partial charge in [-0.2, -0.15) is 0 Å². The minimum Gasteiger partial charge on any atom is -0.265 e. The number of hydrogen-bond acceptors (Lipinski definition) is 3. The molecule has 2 atom stereocenters. The molecule has 0 aliphatic heterocycles. The Morgan fingerprint density at radius 3 is 2.36 bits per heavy atom. The quantitative estimate of drug-likeness (QED) is 0.463. The van der Waals surface area contributed by atoms with Crippen molar-refractivity contribution in [2.75, 3.05) is 12.3 Å². The lowest BCUT2D eigenvalue weighted by atomic mass is 10.3. The smallest absolute Gasteiger partial charge is 0.218 e. The average Bonchev–Trinajstić information content (AvgIpc) is 1.98. The first-order chi connectivity index (χ1) is 5.11. The third-order valence-corrected chi connectivity index (χ3v) is 3.26. The highest BCUT2D eigenvalue weighted by Crippen LogP contribution is 2.02. The van der Waals surface area contributed by atoms with E-state index in [4.69, 9.17) is 0 Å². The minimum atomic E-state index is -1.03. The van der Waals surface area contributed by atoms with Crippen LogP contribution in [0, 0.1) is 10.1 Å². The highest BCUT2D eigenvalue weighted by atomic mass is 32.2. The third kappa shape index (κ3) is 4.08. The Morgan fingerprint density at radius 2 is 2.09 bits per heavy atom. The maximum atomic E-state index is 11.1. The number of hydrogen-bond donors (Lipinski definition) is 0. The fraction of sp³-hybridized carbons (Fsp3) is 1.00. The Kier molecular flexibility index (Phi) is 5.02. The van der Waals surface area contributed by atoms with Crippen LogP contribution >= 0.6 is 0 Å². The Hall–Kier alpha value is -0.450. The van der Waals surface area contributed by atoms with E-state index in [1.807, 2.05) is 6.92 Å². The summed E-state index contributed by atoms with van der Waals surface area (Å²) >= 11 is 0. The second-order valence-electron chi connectivity index (χ2n) is 2.21. The van der Waals surface area contributed by atoms with Gasteiger partial charge in [0.25, 0.3) is 0 Å². The van der Waals surface area contributed by atoms with Crippen LogP contribution in [0.4, 0.5) is 0 Å². The molecule has 0 spiro atoms. The topological polar surface area (TPSA) is 60.2 Å². The van der Waals surface area contributed by atoms with Gasteiger partial charge >= 0.3 is 0 Å². The van der Waals surface area contributed by atoms with Gasteiger partial charge in [-0.15, -0.1) is 0 Å². The van der Waals surface area contributed by atoms with Crippen LogP contribution < -0.4 is 0 Å². The molecule has 0 aliphatic carbocycles. The lowest BCUT2D eigenvalue weighted by Gasteiger charge is -2.06. The molecule has 0 aromatic carbocycles. The molecule has 0 saturated heterocycles. The molecule has 5 heteroatoms. The lowest BCUT2D eigenvalue weighted by Crippen LogP contribution is -2.25. The fourth-order valence-electron chi connectivity index (χ4n) is 0.800. The molecule has 0 amide bonds. The summed E-state index contributed by atoms with van der Waals surface area (Å²) in [6.07, 6.45) is 0.613. The molecular weight excluding hydrogens is 166 g/mol. The van der Waals surface area contributed by atoms with Gasteiger partial charge in [-0.25, -0.2) is 0 Å². The largest absolute Gasteiger partial charge is 0.265 e. The molecule has 0 heterocycles. The molecule has 0 N–H and O–H groups in total. The van der Waals surface area contributed by atoms with Gasteiger partial charge in [-0.05, 0) is 6.42 Å². The number of nitrogens with zero attached hydrogens (tertiary/aromatic N) is 1. The van der Waals surface area contributed by atoms with E-state index in [0.29, 0.717) is 12.2 Å². The lowest BCUT2D eigenvalue weighted by molar-refractivity contribution is -0.479. The SMILES string of the molecule is CCC(C[N+](=O)[O-])S(=O)CC. The molecule has 2 unspecified atom stereocenters. The van der Waals surface area contributed by atoms with E-state index < -0.39 is 15.7 Å². The number of rotatable bonds is 5. The minimum absolute atomic E-state index is 0.170. The van der Waals surface area contributed by atoms with Crippen molar-refractivity contribution in [2.45, 2.75) is 25.5 Å². The Balaban J connectivity index is 3.94. The Bertz CT molecular complexity index is 160. The van der Waals surface area contributed by atoms with Crippen molar-refractivity contribution in [1.29, 1.82) is 0 Å². The van der Waals surface area contributed by atoms with Crippen LogP contribution in [-0.2, 0) is 10.8 Å². The summed E-state index contributed by atoms with van der Waals surface area (Å²) < 4.78 is 11.1. The maximum absolute atomic E-state index is 11.1. The zero-order valence-electron chi connectivity index (χ0n) is 6.78. The monoisotopic (exact) mass is 179 g/mol. The molecule has 0 rings (SSSR count). The second kappa shape index (κ2) is 5.23. The summed E-state index contributed by atoms with van der Waals surface area (Å²) in [5, 5.41) is 9.79. The molecule has 4 nitrogen and oxygen atoms in total. The van der Waals surface area contributed by atoms with Crippen LogP contribution in [0.25, 0.3) is 0 Å². The molecule has 0 aromatic heterocycles. The van der Waals surface area contributed by atoms with E-state index in [1.54, 1.807) is 6.92 Å². The van der Waals surface area contributed by atoms with Gasteiger partial charge in [0.05, 0.1) is 5.25 Å². The summed E-state index contributed by atoms with van der Waals surface area (Å²) in [6, 6.07) is 0. The van der Waals surface area contributed by atoms with E-state index >= 15 is 0 Å². The van der Waals surface area contributed by atoms with Crippen molar-refractivity contribution < 1.29 is 9.13 Å². The third-order valence-electron chi connectivity index (χ3n) is 1.46. The van der Waals surface area contributed by atoms with Crippen LogP contribution in [0.5, 0.6) is 0 Å². The fourth-order valence-corrected chi connectivity index (χ4v) is 1.93. The molecule has 0 aromatic rings. The zero-order valence-corrected chi connectivity index (χ0v) is 7.60. The summed E-state index contributed by atoms with van der Waals surface area (Å²) in [6.45, 7) is 3.43. The molecule has 0 radical (unpaired) electrons. The summed E-state index contributed by atoms with van der Waals surface area (Å²) in [5.74, 6) is 0.506. The van der Waals surface area contributed by atoms with Crippen LogP contribution in [0.1, 0.15) is 20.3 Å². The first-order valence-corrected chi connectivity index (χ1v) is 4.99. The molecule has 66 valence electrons. The highest BCUT2D eigenvalue weighted by Gasteiger charge is 2.18. The normalized spacial score (nSPS) is 15.8. The van der Waals surface area contributed by atoms with Crippen molar-refractivity contribution in [3.8, 4) is 0 Å². The standard InChI is InChI=1S/C6H13NO3S/c1-3-6(5-7(8)9)11(10)4-2/h6H,3-5H2,1-2H3. The molecular formula is C6H13NO3S. The van der Waals surface area contributed by atoms with E-state index in [-0.39, 0.29) is 11.8 Å². The molecule has 11 heavy (non-hydrogen) atoms. The van der Waals surface area contributed by atoms with Crippen molar-refractivity contribution >= 4 is 10.8 Å². The molecule has 0 bridgehead atoms. The van der Waals surface area contributed by atoms with Crippen molar-refractivity contribution in [3.63, 3.8) is 0 Å². The van der Waals surface area contributed by atoms with E-state index in [2.05, 4.69) is 0 Å². The number of nitro groups is 1. The first-order valence-electron chi connectivity index (χ1n) is 3.60. The Labute approximate surface area is 68.6 Å². The van der Waals surface area contributed by atoms with Crippen LogP contribution in [0.2, 0.25) is 0 Å². The predicted molar refractivity (Wildman–Crippen MR) is 44.6 cm³/mol. The van der Waals surface area contributed by atoms with Gasteiger partial charge in [0.1, 0.15) is 0 Å². The molecule has 0 saturated carbocycles. The summed E-state index contributed by atoms with van der Waals surface area (Å²) in [5.41, 5.74) is 0.